The highest BCUT2D eigenvalue weighted by Crippen LogP contribution is 2.25. The molecule has 0 saturated carbocycles. The van der Waals surface area contributed by atoms with Crippen LogP contribution in [-0.4, -0.2) is 23.4 Å². The predicted molar refractivity (Wildman–Crippen MR) is 96.9 cm³/mol. The molecule has 0 bridgehead atoms. The van der Waals surface area contributed by atoms with Crippen LogP contribution in [0.15, 0.2) is 48.5 Å². The summed E-state index contributed by atoms with van der Waals surface area (Å²) in [5, 5.41) is 13.5. The number of rotatable bonds is 7. The van der Waals surface area contributed by atoms with Crippen LogP contribution in [0, 0.1) is 17.0 Å². The van der Waals surface area contributed by atoms with Crippen LogP contribution in [-0.2, 0) is 14.3 Å². The standard InChI is InChI=1S/C19H20N2O5/c1-3-15(14-8-5-4-6-9-14)19(23)26-12-18(22)20-16-10-7-11-17(13(16)2)21(24)25/h4-11,15H,3,12H2,1-2H3,(H,20,22). The first-order valence-electron chi connectivity index (χ1n) is 8.19. The van der Waals surface area contributed by atoms with Crippen LogP contribution in [0.4, 0.5) is 11.4 Å². The molecule has 0 aliphatic heterocycles. The van der Waals surface area contributed by atoms with E-state index >= 15 is 0 Å². The van der Waals surface area contributed by atoms with Crippen molar-refractivity contribution >= 4 is 23.3 Å². The Morgan fingerprint density at radius 2 is 1.85 bits per heavy atom. The molecule has 136 valence electrons. The lowest BCUT2D eigenvalue weighted by Gasteiger charge is -2.14. The number of nitro benzene ring substituents is 1. The summed E-state index contributed by atoms with van der Waals surface area (Å²) in [4.78, 5) is 34.7. The van der Waals surface area contributed by atoms with E-state index in [1.807, 2.05) is 37.3 Å². The van der Waals surface area contributed by atoms with Gasteiger partial charge in [0.1, 0.15) is 0 Å². The molecule has 7 nitrogen and oxygen atoms in total. The van der Waals surface area contributed by atoms with Gasteiger partial charge in [0.15, 0.2) is 6.61 Å². The second-order valence-corrected chi connectivity index (χ2v) is 5.73. The van der Waals surface area contributed by atoms with E-state index in [-0.39, 0.29) is 5.69 Å². The monoisotopic (exact) mass is 356 g/mol. The van der Waals surface area contributed by atoms with E-state index in [1.165, 1.54) is 12.1 Å². The van der Waals surface area contributed by atoms with E-state index in [2.05, 4.69) is 5.32 Å². The summed E-state index contributed by atoms with van der Waals surface area (Å²) in [5.41, 5.74) is 1.40. The third-order valence-corrected chi connectivity index (χ3v) is 4.02. The van der Waals surface area contributed by atoms with Crippen LogP contribution in [0.5, 0.6) is 0 Å². The van der Waals surface area contributed by atoms with Crippen molar-refractivity contribution in [2.45, 2.75) is 26.2 Å². The highest BCUT2D eigenvalue weighted by Gasteiger charge is 2.21. The van der Waals surface area contributed by atoms with Crippen molar-refractivity contribution in [3.63, 3.8) is 0 Å². The number of hydrogen-bond donors (Lipinski definition) is 1. The Morgan fingerprint density at radius 1 is 1.15 bits per heavy atom. The maximum atomic E-state index is 12.3. The zero-order valence-corrected chi connectivity index (χ0v) is 14.6. The van der Waals surface area contributed by atoms with E-state index in [0.29, 0.717) is 17.7 Å². The number of benzene rings is 2. The summed E-state index contributed by atoms with van der Waals surface area (Å²) >= 11 is 0. The number of nitrogens with one attached hydrogen (secondary N) is 1. The minimum absolute atomic E-state index is 0.0880. The molecule has 1 atom stereocenters. The van der Waals surface area contributed by atoms with Crippen LogP contribution < -0.4 is 5.32 Å². The van der Waals surface area contributed by atoms with Crippen LogP contribution in [0.25, 0.3) is 0 Å². The zero-order valence-electron chi connectivity index (χ0n) is 14.6. The summed E-state index contributed by atoms with van der Waals surface area (Å²) in [5.74, 6) is -1.47. The largest absolute Gasteiger partial charge is 0.455 e. The molecule has 0 fully saturated rings. The van der Waals surface area contributed by atoms with Crippen molar-refractivity contribution in [1.29, 1.82) is 0 Å². The second-order valence-electron chi connectivity index (χ2n) is 5.73. The summed E-state index contributed by atoms with van der Waals surface area (Å²) in [6, 6.07) is 13.6. The molecule has 1 N–H and O–H groups in total. The fourth-order valence-electron chi connectivity index (χ4n) is 2.60. The molecule has 0 heterocycles. The maximum absolute atomic E-state index is 12.3. The van der Waals surface area contributed by atoms with E-state index in [4.69, 9.17) is 4.74 Å². The molecule has 1 unspecified atom stereocenters. The molecule has 7 heteroatoms. The summed E-state index contributed by atoms with van der Waals surface area (Å²) < 4.78 is 5.12. The van der Waals surface area contributed by atoms with Crippen LogP contribution in [0.1, 0.15) is 30.4 Å². The van der Waals surface area contributed by atoms with Crippen molar-refractivity contribution in [3.05, 3.63) is 69.8 Å². The van der Waals surface area contributed by atoms with Crippen molar-refractivity contribution in [2.24, 2.45) is 0 Å². The number of hydrogen-bond acceptors (Lipinski definition) is 5. The van der Waals surface area contributed by atoms with E-state index in [9.17, 15) is 19.7 Å². The number of carbonyl (C=O) groups is 2. The first-order valence-corrected chi connectivity index (χ1v) is 8.19. The van der Waals surface area contributed by atoms with Crippen LogP contribution >= 0.6 is 0 Å². The quantitative estimate of drug-likeness (QED) is 0.464. The molecule has 0 spiro atoms. The molecule has 2 aromatic rings. The van der Waals surface area contributed by atoms with Crippen molar-refractivity contribution in [2.75, 3.05) is 11.9 Å². The van der Waals surface area contributed by atoms with Gasteiger partial charge in [0.2, 0.25) is 0 Å². The van der Waals surface area contributed by atoms with Crippen LogP contribution in [0.3, 0.4) is 0 Å². The van der Waals surface area contributed by atoms with Gasteiger partial charge in [0.25, 0.3) is 11.6 Å². The van der Waals surface area contributed by atoms with Gasteiger partial charge in [0, 0.05) is 6.07 Å². The number of carbonyl (C=O) groups excluding carboxylic acids is 2. The number of ether oxygens (including phenoxy) is 1. The van der Waals surface area contributed by atoms with Gasteiger partial charge in [-0.05, 0) is 25.0 Å². The number of esters is 1. The number of anilines is 1. The molecular weight excluding hydrogens is 336 g/mol. The zero-order chi connectivity index (χ0) is 19.1. The Bertz CT molecular complexity index is 805. The van der Waals surface area contributed by atoms with Crippen LogP contribution in [0.2, 0.25) is 0 Å². The number of amides is 1. The molecule has 0 aliphatic rings. The molecule has 2 rings (SSSR count). The first-order chi connectivity index (χ1) is 12.4. The lowest BCUT2D eigenvalue weighted by Crippen LogP contribution is -2.24. The lowest BCUT2D eigenvalue weighted by molar-refractivity contribution is -0.385. The fraction of sp³-hybridized carbons (Fsp3) is 0.263. The summed E-state index contributed by atoms with van der Waals surface area (Å²) in [6.07, 6.45) is 0.550. The first kappa shape index (κ1) is 19.1. The van der Waals surface area contributed by atoms with Gasteiger partial charge in [-0.15, -0.1) is 0 Å². The predicted octanol–water partition coefficient (Wildman–Crippen LogP) is 3.58. The Balaban J connectivity index is 1.97. The van der Waals surface area contributed by atoms with E-state index < -0.39 is 29.3 Å². The topological polar surface area (TPSA) is 98.5 Å². The average Bonchev–Trinajstić information content (AvgIpc) is 2.63. The number of nitrogens with zero attached hydrogens (tertiary/aromatic N) is 1. The van der Waals surface area contributed by atoms with Crippen molar-refractivity contribution in [1.82, 2.24) is 0 Å². The Kier molecular flexibility index (Phi) is 6.43. The molecule has 1 amide bonds. The molecule has 0 radical (unpaired) electrons. The Morgan fingerprint density at radius 3 is 2.46 bits per heavy atom. The van der Waals surface area contributed by atoms with Gasteiger partial charge in [-0.2, -0.15) is 0 Å². The molecule has 0 aliphatic carbocycles. The van der Waals surface area contributed by atoms with Gasteiger partial charge in [-0.25, -0.2) is 0 Å². The highest BCUT2D eigenvalue weighted by atomic mass is 16.6. The summed E-state index contributed by atoms with van der Waals surface area (Å²) in [6.45, 7) is 2.96. The van der Waals surface area contributed by atoms with Gasteiger partial charge in [-0.3, -0.25) is 19.7 Å². The lowest BCUT2D eigenvalue weighted by atomic mass is 9.97. The van der Waals surface area contributed by atoms with Crippen molar-refractivity contribution < 1.29 is 19.2 Å². The Hall–Kier alpha value is -3.22. The summed E-state index contributed by atoms with van der Waals surface area (Å²) in [7, 11) is 0. The molecule has 0 saturated heterocycles. The third-order valence-electron chi connectivity index (χ3n) is 4.02. The van der Waals surface area contributed by atoms with Gasteiger partial charge >= 0.3 is 5.97 Å². The SMILES string of the molecule is CCC(C(=O)OCC(=O)Nc1cccc([N+](=O)[O-])c1C)c1ccccc1. The average molecular weight is 356 g/mol. The van der Waals surface area contributed by atoms with Gasteiger partial charge in [-0.1, -0.05) is 43.3 Å². The smallest absolute Gasteiger partial charge is 0.313 e. The second kappa shape index (κ2) is 8.75. The highest BCUT2D eigenvalue weighted by molar-refractivity contribution is 5.94. The number of nitro groups is 1. The molecule has 2 aromatic carbocycles. The maximum Gasteiger partial charge on any atom is 0.313 e. The van der Waals surface area contributed by atoms with E-state index in [0.717, 1.165) is 5.56 Å². The minimum atomic E-state index is -0.551. The molecule has 0 aromatic heterocycles. The minimum Gasteiger partial charge on any atom is -0.455 e. The Labute approximate surface area is 151 Å². The molecular formula is C19H20N2O5. The third kappa shape index (κ3) is 4.66. The molecule has 26 heavy (non-hydrogen) atoms. The normalized spacial score (nSPS) is 11.5. The van der Waals surface area contributed by atoms with Gasteiger partial charge in [0.05, 0.1) is 22.1 Å². The van der Waals surface area contributed by atoms with Crippen molar-refractivity contribution in [3.8, 4) is 0 Å². The van der Waals surface area contributed by atoms with E-state index in [1.54, 1.807) is 13.0 Å². The fourth-order valence-corrected chi connectivity index (χ4v) is 2.60. The van der Waals surface area contributed by atoms with Gasteiger partial charge < -0.3 is 10.1 Å².